The SMILES string of the molecule is CC(OCC1CC1)C(=O)NC(CO)c1cc(F)c(F)c(F)c1. The van der Waals surface area contributed by atoms with Crippen molar-refractivity contribution >= 4 is 5.91 Å². The number of aliphatic hydroxyl groups excluding tert-OH is 1. The molecule has 7 heteroatoms. The Morgan fingerprint density at radius 1 is 1.36 bits per heavy atom. The first-order valence-electron chi connectivity index (χ1n) is 7.09. The van der Waals surface area contributed by atoms with Gasteiger partial charge in [-0.15, -0.1) is 0 Å². The zero-order chi connectivity index (χ0) is 16.3. The molecule has 0 aromatic heterocycles. The van der Waals surface area contributed by atoms with Crippen LogP contribution in [0, 0.1) is 23.4 Å². The first kappa shape index (κ1) is 16.8. The topological polar surface area (TPSA) is 58.6 Å². The van der Waals surface area contributed by atoms with Crippen molar-refractivity contribution in [1.82, 2.24) is 5.32 Å². The Morgan fingerprint density at radius 2 is 1.95 bits per heavy atom. The summed E-state index contributed by atoms with van der Waals surface area (Å²) in [6, 6.07) is 0.453. The van der Waals surface area contributed by atoms with Gasteiger partial charge in [0, 0.05) is 0 Å². The summed E-state index contributed by atoms with van der Waals surface area (Å²) in [4.78, 5) is 11.9. The van der Waals surface area contributed by atoms with Gasteiger partial charge in [0.15, 0.2) is 17.5 Å². The van der Waals surface area contributed by atoms with E-state index in [0.717, 1.165) is 25.0 Å². The highest BCUT2D eigenvalue weighted by molar-refractivity contribution is 5.80. The Labute approximate surface area is 126 Å². The molecule has 1 saturated carbocycles. The highest BCUT2D eigenvalue weighted by atomic mass is 19.2. The van der Waals surface area contributed by atoms with Gasteiger partial charge in [-0.2, -0.15) is 0 Å². The minimum Gasteiger partial charge on any atom is -0.394 e. The lowest BCUT2D eigenvalue weighted by Gasteiger charge is -2.20. The second-order valence-corrected chi connectivity index (χ2v) is 5.46. The summed E-state index contributed by atoms with van der Waals surface area (Å²) >= 11 is 0. The number of amides is 1. The van der Waals surface area contributed by atoms with E-state index in [2.05, 4.69) is 5.32 Å². The summed E-state index contributed by atoms with van der Waals surface area (Å²) < 4.78 is 44.7. The third-order valence-corrected chi connectivity index (χ3v) is 3.56. The Balaban J connectivity index is 1.99. The summed E-state index contributed by atoms with van der Waals surface area (Å²) in [7, 11) is 0. The third-order valence-electron chi connectivity index (χ3n) is 3.56. The lowest BCUT2D eigenvalue weighted by Crippen LogP contribution is -2.38. The van der Waals surface area contributed by atoms with Gasteiger partial charge in [-0.05, 0) is 43.4 Å². The van der Waals surface area contributed by atoms with Gasteiger partial charge in [-0.25, -0.2) is 13.2 Å². The van der Waals surface area contributed by atoms with E-state index in [-0.39, 0.29) is 5.56 Å². The minimum absolute atomic E-state index is 0.0540. The highest BCUT2D eigenvalue weighted by Gasteiger charge is 2.25. The van der Waals surface area contributed by atoms with Gasteiger partial charge < -0.3 is 15.2 Å². The fourth-order valence-corrected chi connectivity index (χ4v) is 1.94. The molecule has 0 heterocycles. The first-order valence-corrected chi connectivity index (χ1v) is 7.09. The third kappa shape index (κ3) is 4.20. The van der Waals surface area contributed by atoms with Crippen LogP contribution in [0.4, 0.5) is 13.2 Å². The highest BCUT2D eigenvalue weighted by Crippen LogP contribution is 2.29. The number of hydrogen-bond acceptors (Lipinski definition) is 3. The second kappa shape index (κ2) is 7.11. The molecule has 2 unspecified atom stereocenters. The lowest BCUT2D eigenvalue weighted by molar-refractivity contribution is -0.133. The van der Waals surface area contributed by atoms with Crippen LogP contribution in [0.1, 0.15) is 31.4 Å². The van der Waals surface area contributed by atoms with E-state index < -0.39 is 42.1 Å². The lowest BCUT2D eigenvalue weighted by atomic mass is 10.1. The van der Waals surface area contributed by atoms with Crippen molar-refractivity contribution in [3.8, 4) is 0 Å². The maximum Gasteiger partial charge on any atom is 0.249 e. The number of benzene rings is 1. The molecule has 2 atom stereocenters. The van der Waals surface area contributed by atoms with Gasteiger partial charge in [0.05, 0.1) is 19.3 Å². The monoisotopic (exact) mass is 317 g/mol. The van der Waals surface area contributed by atoms with E-state index in [1.54, 1.807) is 6.92 Å². The van der Waals surface area contributed by atoms with Crippen LogP contribution >= 0.6 is 0 Å². The number of rotatable bonds is 7. The van der Waals surface area contributed by atoms with Gasteiger partial charge >= 0.3 is 0 Å². The van der Waals surface area contributed by atoms with Crippen molar-refractivity contribution in [1.29, 1.82) is 0 Å². The van der Waals surface area contributed by atoms with Crippen LogP contribution in [0.5, 0.6) is 0 Å². The van der Waals surface area contributed by atoms with Crippen LogP contribution in [-0.2, 0) is 9.53 Å². The molecule has 0 spiro atoms. The van der Waals surface area contributed by atoms with Crippen LogP contribution in [0.2, 0.25) is 0 Å². The molecule has 22 heavy (non-hydrogen) atoms. The van der Waals surface area contributed by atoms with E-state index in [0.29, 0.717) is 12.5 Å². The molecule has 1 fully saturated rings. The number of halogens is 3. The summed E-state index contributed by atoms with van der Waals surface area (Å²) in [5.41, 5.74) is -0.0540. The van der Waals surface area contributed by atoms with Crippen molar-refractivity contribution in [2.45, 2.75) is 31.9 Å². The average molecular weight is 317 g/mol. The Kier molecular flexibility index (Phi) is 5.42. The zero-order valence-electron chi connectivity index (χ0n) is 12.1. The van der Waals surface area contributed by atoms with Gasteiger partial charge in [-0.1, -0.05) is 0 Å². The molecule has 2 rings (SSSR count). The molecule has 1 aliphatic carbocycles. The molecule has 2 N–H and O–H groups in total. The van der Waals surface area contributed by atoms with E-state index in [1.165, 1.54) is 0 Å². The molecule has 0 saturated heterocycles. The van der Waals surface area contributed by atoms with Gasteiger partial charge in [0.25, 0.3) is 0 Å². The minimum atomic E-state index is -1.59. The predicted octanol–water partition coefficient (Wildman–Crippen LogP) is 2.07. The van der Waals surface area contributed by atoms with Crippen molar-refractivity contribution < 1.29 is 27.8 Å². The van der Waals surface area contributed by atoms with Crippen LogP contribution < -0.4 is 5.32 Å². The van der Waals surface area contributed by atoms with E-state index in [4.69, 9.17) is 4.74 Å². The molecule has 1 amide bonds. The Morgan fingerprint density at radius 3 is 2.45 bits per heavy atom. The summed E-state index contributed by atoms with van der Waals surface area (Å²) in [6.07, 6.45) is 1.42. The van der Waals surface area contributed by atoms with Crippen molar-refractivity contribution in [2.24, 2.45) is 5.92 Å². The van der Waals surface area contributed by atoms with Gasteiger partial charge in [0.2, 0.25) is 5.91 Å². The fraction of sp³-hybridized carbons (Fsp3) is 0.533. The summed E-state index contributed by atoms with van der Waals surface area (Å²) in [5.74, 6) is -4.36. The van der Waals surface area contributed by atoms with E-state index in [1.807, 2.05) is 0 Å². The predicted molar refractivity (Wildman–Crippen MR) is 72.4 cm³/mol. The van der Waals surface area contributed by atoms with Crippen LogP contribution in [0.3, 0.4) is 0 Å². The Bertz CT molecular complexity index is 526. The number of carbonyl (C=O) groups excluding carboxylic acids is 1. The molecule has 1 aromatic carbocycles. The van der Waals surface area contributed by atoms with Crippen molar-refractivity contribution in [2.75, 3.05) is 13.2 Å². The summed E-state index contributed by atoms with van der Waals surface area (Å²) in [5, 5.41) is 11.7. The fourth-order valence-electron chi connectivity index (χ4n) is 1.94. The number of aliphatic hydroxyl groups is 1. The molecule has 0 radical (unpaired) electrons. The molecular formula is C15H18F3NO3. The normalized spacial score (nSPS) is 17.1. The number of ether oxygens (including phenoxy) is 1. The number of carbonyl (C=O) groups is 1. The maximum atomic E-state index is 13.2. The maximum absolute atomic E-state index is 13.2. The number of nitrogens with one attached hydrogen (secondary N) is 1. The standard InChI is InChI=1S/C15H18F3NO3/c1-8(22-7-9-2-3-9)15(21)19-13(6-20)10-4-11(16)14(18)12(17)5-10/h4-5,8-9,13,20H,2-3,6-7H2,1H3,(H,19,21). The van der Waals surface area contributed by atoms with E-state index in [9.17, 15) is 23.1 Å². The van der Waals surface area contributed by atoms with Crippen molar-refractivity contribution in [3.05, 3.63) is 35.1 Å². The zero-order valence-corrected chi connectivity index (χ0v) is 12.1. The second-order valence-electron chi connectivity index (χ2n) is 5.46. The van der Waals surface area contributed by atoms with Crippen LogP contribution in [-0.4, -0.2) is 30.3 Å². The van der Waals surface area contributed by atoms with Crippen LogP contribution in [0.25, 0.3) is 0 Å². The summed E-state index contributed by atoms with van der Waals surface area (Å²) in [6.45, 7) is 1.46. The first-order chi connectivity index (χ1) is 10.4. The van der Waals surface area contributed by atoms with Gasteiger partial charge in [0.1, 0.15) is 6.10 Å². The number of hydrogen-bond donors (Lipinski definition) is 2. The van der Waals surface area contributed by atoms with E-state index >= 15 is 0 Å². The largest absolute Gasteiger partial charge is 0.394 e. The molecule has 1 aliphatic rings. The molecule has 122 valence electrons. The molecule has 0 bridgehead atoms. The van der Waals surface area contributed by atoms with Crippen molar-refractivity contribution in [3.63, 3.8) is 0 Å². The molecular weight excluding hydrogens is 299 g/mol. The molecule has 4 nitrogen and oxygen atoms in total. The Hall–Kier alpha value is -1.60. The van der Waals surface area contributed by atoms with Gasteiger partial charge in [-0.3, -0.25) is 4.79 Å². The molecule has 0 aliphatic heterocycles. The smallest absolute Gasteiger partial charge is 0.249 e. The average Bonchev–Trinajstić information content (AvgIpc) is 3.31. The molecule has 1 aromatic rings. The van der Waals surface area contributed by atoms with Crippen LogP contribution in [0.15, 0.2) is 12.1 Å². The quantitative estimate of drug-likeness (QED) is 0.757.